The smallest absolute Gasteiger partial charge is 0.0707 e. The topological polar surface area (TPSA) is 30.5 Å². The molecule has 0 heterocycles. The second-order valence-corrected chi connectivity index (χ2v) is 5.51. The van der Waals surface area contributed by atoms with Crippen molar-refractivity contribution in [3.8, 4) is 0 Å². The molecule has 1 N–H and O–H groups in total. The molecule has 0 saturated heterocycles. The molecule has 2 atom stereocenters. The normalized spacial score (nSPS) is 15.9. The van der Waals surface area contributed by atoms with Crippen LogP contribution in [0.2, 0.25) is 0 Å². The largest absolute Gasteiger partial charge is 0.374 e. The molecular formula is C14H31NO2. The van der Waals surface area contributed by atoms with E-state index in [1.807, 2.05) is 0 Å². The minimum atomic E-state index is -0.0722. The summed E-state index contributed by atoms with van der Waals surface area (Å²) in [5.41, 5.74) is -0.0722. The lowest BCUT2D eigenvalue weighted by Crippen LogP contribution is -2.40. The molecule has 0 aliphatic heterocycles. The molecule has 104 valence electrons. The first-order chi connectivity index (χ1) is 7.90. The highest BCUT2D eigenvalue weighted by Crippen LogP contribution is 2.07. The summed E-state index contributed by atoms with van der Waals surface area (Å²) in [5.74, 6) is 0. The van der Waals surface area contributed by atoms with Crippen LogP contribution in [0.5, 0.6) is 0 Å². The van der Waals surface area contributed by atoms with Crippen molar-refractivity contribution in [3.63, 3.8) is 0 Å². The Balaban J connectivity index is 3.71. The zero-order chi connectivity index (χ0) is 13.3. The van der Waals surface area contributed by atoms with Crippen molar-refractivity contribution in [1.82, 2.24) is 5.32 Å². The van der Waals surface area contributed by atoms with Crippen LogP contribution in [0, 0.1) is 0 Å². The van der Waals surface area contributed by atoms with Gasteiger partial charge in [0, 0.05) is 6.04 Å². The summed E-state index contributed by atoms with van der Waals surface area (Å²) in [6, 6.07) is 0.449. The van der Waals surface area contributed by atoms with Crippen LogP contribution in [0.25, 0.3) is 0 Å². The van der Waals surface area contributed by atoms with Crippen molar-refractivity contribution in [2.24, 2.45) is 0 Å². The summed E-state index contributed by atoms with van der Waals surface area (Å²) in [6.45, 7) is 15.1. The van der Waals surface area contributed by atoms with Crippen LogP contribution in [-0.2, 0) is 9.47 Å². The molecule has 2 unspecified atom stereocenters. The zero-order valence-electron chi connectivity index (χ0n) is 12.5. The van der Waals surface area contributed by atoms with Gasteiger partial charge in [0.25, 0.3) is 0 Å². The van der Waals surface area contributed by atoms with Gasteiger partial charge in [0.2, 0.25) is 0 Å². The molecule has 0 spiro atoms. The van der Waals surface area contributed by atoms with Crippen LogP contribution in [0.15, 0.2) is 0 Å². The molecule has 0 aromatic rings. The highest BCUT2D eigenvalue weighted by Gasteiger charge is 2.15. The molecule has 3 nitrogen and oxygen atoms in total. The second kappa shape index (κ2) is 8.90. The molecule has 0 amide bonds. The van der Waals surface area contributed by atoms with E-state index in [-0.39, 0.29) is 11.7 Å². The van der Waals surface area contributed by atoms with Gasteiger partial charge in [-0.15, -0.1) is 0 Å². The van der Waals surface area contributed by atoms with Crippen molar-refractivity contribution in [2.75, 3.05) is 19.8 Å². The van der Waals surface area contributed by atoms with Crippen molar-refractivity contribution < 1.29 is 9.47 Å². The highest BCUT2D eigenvalue weighted by molar-refractivity contribution is 4.71. The minimum Gasteiger partial charge on any atom is -0.374 e. The lowest BCUT2D eigenvalue weighted by molar-refractivity contribution is -0.0545. The maximum Gasteiger partial charge on any atom is 0.0707 e. The number of ether oxygens (including phenoxy) is 2. The van der Waals surface area contributed by atoms with Crippen LogP contribution in [0.4, 0.5) is 0 Å². The molecule has 3 heteroatoms. The average Bonchev–Trinajstić information content (AvgIpc) is 2.24. The lowest BCUT2D eigenvalue weighted by atomic mass is 10.1. The van der Waals surface area contributed by atoms with Crippen molar-refractivity contribution in [3.05, 3.63) is 0 Å². The second-order valence-electron chi connectivity index (χ2n) is 5.51. The Morgan fingerprint density at radius 1 is 1.12 bits per heavy atom. The molecule has 0 bridgehead atoms. The Labute approximate surface area is 107 Å². The van der Waals surface area contributed by atoms with Gasteiger partial charge in [-0.25, -0.2) is 0 Å². The number of nitrogens with one attached hydrogen (secondary N) is 1. The molecular weight excluding hydrogens is 214 g/mol. The fraction of sp³-hybridized carbons (Fsp3) is 1.00. The summed E-state index contributed by atoms with van der Waals surface area (Å²) in [4.78, 5) is 0. The van der Waals surface area contributed by atoms with Gasteiger partial charge in [-0.2, -0.15) is 0 Å². The van der Waals surface area contributed by atoms with Gasteiger partial charge in [-0.3, -0.25) is 0 Å². The molecule has 0 fully saturated rings. The maximum atomic E-state index is 5.80. The van der Waals surface area contributed by atoms with Gasteiger partial charge in [-0.05, 0) is 47.1 Å². The Hall–Kier alpha value is -0.120. The van der Waals surface area contributed by atoms with Crippen molar-refractivity contribution in [2.45, 2.75) is 72.1 Å². The van der Waals surface area contributed by atoms with E-state index in [4.69, 9.17) is 9.47 Å². The summed E-state index contributed by atoms with van der Waals surface area (Å²) >= 11 is 0. The summed E-state index contributed by atoms with van der Waals surface area (Å²) in [5, 5.41) is 3.51. The Bertz CT molecular complexity index is 178. The third kappa shape index (κ3) is 9.57. The molecule has 0 aromatic carbocycles. The molecule has 0 radical (unpaired) electrons. The van der Waals surface area contributed by atoms with Gasteiger partial charge in [0.05, 0.1) is 24.9 Å². The van der Waals surface area contributed by atoms with Gasteiger partial charge < -0.3 is 14.8 Å². The van der Waals surface area contributed by atoms with Crippen LogP contribution in [0.1, 0.15) is 54.4 Å². The number of rotatable bonds is 9. The van der Waals surface area contributed by atoms with Gasteiger partial charge in [0.15, 0.2) is 0 Å². The first-order valence-electron chi connectivity index (χ1n) is 6.89. The molecule has 0 aromatic heterocycles. The number of hydrogen-bond acceptors (Lipinski definition) is 3. The van der Waals surface area contributed by atoms with Gasteiger partial charge in [0.1, 0.15) is 0 Å². The highest BCUT2D eigenvalue weighted by atomic mass is 16.5. The van der Waals surface area contributed by atoms with E-state index in [1.54, 1.807) is 0 Å². The molecule has 0 rings (SSSR count). The standard InChI is InChI=1S/C14H31NO2/c1-7-9-15-13(8-2)12(3)16-10-11-17-14(4,5)6/h12-13,15H,7-11H2,1-6H3. The molecule has 0 aliphatic carbocycles. The fourth-order valence-electron chi connectivity index (χ4n) is 1.67. The molecule has 0 saturated carbocycles. The van der Waals surface area contributed by atoms with Crippen LogP contribution < -0.4 is 5.32 Å². The Morgan fingerprint density at radius 3 is 2.24 bits per heavy atom. The van der Waals surface area contributed by atoms with E-state index in [0.29, 0.717) is 19.3 Å². The van der Waals surface area contributed by atoms with E-state index in [1.165, 1.54) is 0 Å². The maximum absolute atomic E-state index is 5.80. The zero-order valence-corrected chi connectivity index (χ0v) is 12.5. The lowest BCUT2D eigenvalue weighted by Gasteiger charge is -2.25. The first-order valence-corrected chi connectivity index (χ1v) is 6.89. The van der Waals surface area contributed by atoms with Crippen molar-refractivity contribution >= 4 is 0 Å². The van der Waals surface area contributed by atoms with E-state index in [9.17, 15) is 0 Å². The minimum absolute atomic E-state index is 0.0722. The number of hydrogen-bond donors (Lipinski definition) is 1. The Kier molecular flexibility index (Phi) is 8.83. The molecule has 17 heavy (non-hydrogen) atoms. The predicted molar refractivity (Wildman–Crippen MR) is 73.5 cm³/mol. The van der Waals surface area contributed by atoms with E-state index < -0.39 is 0 Å². The van der Waals surface area contributed by atoms with Gasteiger partial charge >= 0.3 is 0 Å². The summed E-state index contributed by atoms with van der Waals surface area (Å²) < 4.78 is 11.4. The first kappa shape index (κ1) is 16.9. The SMILES string of the molecule is CCCNC(CC)C(C)OCCOC(C)(C)C. The predicted octanol–water partition coefficient (Wildman–Crippen LogP) is 2.98. The molecule has 0 aliphatic rings. The quantitative estimate of drug-likeness (QED) is 0.633. The van der Waals surface area contributed by atoms with E-state index in [0.717, 1.165) is 19.4 Å². The monoisotopic (exact) mass is 245 g/mol. The third-order valence-electron chi connectivity index (χ3n) is 2.66. The Morgan fingerprint density at radius 2 is 1.76 bits per heavy atom. The fourth-order valence-corrected chi connectivity index (χ4v) is 1.67. The van der Waals surface area contributed by atoms with E-state index in [2.05, 4.69) is 46.9 Å². The third-order valence-corrected chi connectivity index (χ3v) is 2.66. The average molecular weight is 245 g/mol. The van der Waals surface area contributed by atoms with Crippen LogP contribution in [-0.4, -0.2) is 37.5 Å². The van der Waals surface area contributed by atoms with Crippen molar-refractivity contribution in [1.29, 1.82) is 0 Å². The van der Waals surface area contributed by atoms with Gasteiger partial charge in [-0.1, -0.05) is 13.8 Å². The van der Waals surface area contributed by atoms with Crippen LogP contribution >= 0.6 is 0 Å². The summed E-state index contributed by atoms with van der Waals surface area (Å²) in [6.07, 6.45) is 2.51. The van der Waals surface area contributed by atoms with Crippen LogP contribution in [0.3, 0.4) is 0 Å². The summed E-state index contributed by atoms with van der Waals surface area (Å²) in [7, 11) is 0. The van der Waals surface area contributed by atoms with E-state index >= 15 is 0 Å².